The Labute approximate surface area is 184 Å². The third kappa shape index (κ3) is 12.0. The summed E-state index contributed by atoms with van der Waals surface area (Å²) >= 11 is 0. The lowest BCUT2D eigenvalue weighted by molar-refractivity contribution is -0.157. The fourth-order valence-electron chi connectivity index (χ4n) is 2.57. The van der Waals surface area contributed by atoms with Gasteiger partial charge >= 0.3 is 18.0 Å². The first kappa shape index (κ1) is 26.4. The van der Waals surface area contributed by atoms with Gasteiger partial charge in [0.2, 0.25) is 0 Å². The summed E-state index contributed by atoms with van der Waals surface area (Å²) in [6.45, 7) is 10.6. The van der Waals surface area contributed by atoms with E-state index in [9.17, 15) is 14.4 Å². The van der Waals surface area contributed by atoms with Crippen molar-refractivity contribution in [2.45, 2.75) is 90.7 Å². The van der Waals surface area contributed by atoms with Gasteiger partial charge in [0.1, 0.15) is 29.9 Å². The van der Waals surface area contributed by atoms with Crippen LogP contribution in [0.3, 0.4) is 0 Å². The maximum Gasteiger partial charge on any atom is 0.408 e. The van der Waals surface area contributed by atoms with Crippen LogP contribution in [-0.2, 0) is 30.4 Å². The molecule has 1 aromatic carbocycles. The van der Waals surface area contributed by atoms with E-state index < -0.39 is 41.3 Å². The summed E-state index contributed by atoms with van der Waals surface area (Å²) in [7, 11) is 0. The predicted molar refractivity (Wildman–Crippen MR) is 117 cm³/mol. The molecule has 0 bridgehead atoms. The molecule has 0 aliphatic rings. The Balaban J connectivity index is 2.58. The second kappa shape index (κ2) is 11.7. The average molecular weight is 437 g/mol. The number of carbonyl (C=O) groups is 3. The Morgan fingerprint density at radius 3 is 2.03 bits per heavy atom. The van der Waals surface area contributed by atoms with E-state index in [-0.39, 0.29) is 13.0 Å². The SMILES string of the molecule is CC(C)(C)OC(=O)N[C@@H](CCCC(N)C(=O)OCc1ccccc1)C(=O)OC(C)(C)C. The van der Waals surface area contributed by atoms with Crippen molar-refractivity contribution in [3.8, 4) is 0 Å². The van der Waals surface area contributed by atoms with Gasteiger partial charge in [0, 0.05) is 0 Å². The highest BCUT2D eigenvalue weighted by Gasteiger charge is 2.29. The molecule has 0 spiro atoms. The number of carbonyl (C=O) groups excluding carboxylic acids is 3. The first-order valence-corrected chi connectivity index (χ1v) is 10.5. The van der Waals surface area contributed by atoms with Gasteiger partial charge in [-0.2, -0.15) is 0 Å². The van der Waals surface area contributed by atoms with Gasteiger partial charge in [-0.25, -0.2) is 9.59 Å². The minimum Gasteiger partial charge on any atom is -0.460 e. The maximum atomic E-state index is 12.5. The van der Waals surface area contributed by atoms with Gasteiger partial charge < -0.3 is 25.3 Å². The third-order valence-electron chi connectivity index (χ3n) is 3.92. The Morgan fingerprint density at radius 1 is 0.903 bits per heavy atom. The molecule has 1 unspecified atom stereocenters. The van der Waals surface area contributed by atoms with Crippen LogP contribution in [0.15, 0.2) is 30.3 Å². The Hall–Kier alpha value is -2.61. The first-order chi connectivity index (χ1) is 14.3. The summed E-state index contributed by atoms with van der Waals surface area (Å²) in [5, 5.41) is 2.55. The molecule has 3 N–H and O–H groups in total. The Bertz CT molecular complexity index is 722. The molecule has 0 aromatic heterocycles. The van der Waals surface area contributed by atoms with Crippen molar-refractivity contribution < 1.29 is 28.6 Å². The average Bonchev–Trinajstić information content (AvgIpc) is 2.63. The lowest BCUT2D eigenvalue weighted by Gasteiger charge is -2.26. The van der Waals surface area contributed by atoms with E-state index >= 15 is 0 Å². The van der Waals surface area contributed by atoms with Crippen LogP contribution in [0.25, 0.3) is 0 Å². The van der Waals surface area contributed by atoms with E-state index in [1.807, 2.05) is 30.3 Å². The van der Waals surface area contributed by atoms with Crippen LogP contribution in [-0.4, -0.2) is 41.3 Å². The summed E-state index contributed by atoms with van der Waals surface area (Å²) in [6.07, 6.45) is 0.229. The minimum atomic E-state index is -0.915. The molecule has 0 fully saturated rings. The molecule has 1 amide bonds. The maximum absolute atomic E-state index is 12.5. The highest BCUT2D eigenvalue weighted by Crippen LogP contribution is 2.14. The molecule has 0 aliphatic carbocycles. The van der Waals surface area contributed by atoms with Gasteiger partial charge in [0.15, 0.2) is 0 Å². The van der Waals surface area contributed by atoms with Gasteiger partial charge in [-0.3, -0.25) is 4.79 Å². The van der Waals surface area contributed by atoms with Crippen LogP contribution in [0.4, 0.5) is 4.79 Å². The van der Waals surface area contributed by atoms with Gasteiger partial charge in [-0.15, -0.1) is 0 Å². The summed E-state index contributed by atoms with van der Waals surface area (Å²) in [5.74, 6) is -1.09. The number of esters is 2. The van der Waals surface area contributed by atoms with E-state index in [1.165, 1.54) is 0 Å². The van der Waals surface area contributed by atoms with Crippen LogP contribution < -0.4 is 11.1 Å². The third-order valence-corrected chi connectivity index (χ3v) is 3.92. The van der Waals surface area contributed by atoms with Gasteiger partial charge in [0.25, 0.3) is 0 Å². The topological polar surface area (TPSA) is 117 Å². The van der Waals surface area contributed by atoms with Crippen LogP contribution >= 0.6 is 0 Å². The highest BCUT2D eigenvalue weighted by atomic mass is 16.6. The Morgan fingerprint density at radius 2 is 1.48 bits per heavy atom. The first-order valence-electron chi connectivity index (χ1n) is 10.5. The van der Waals surface area contributed by atoms with E-state index in [4.69, 9.17) is 19.9 Å². The van der Waals surface area contributed by atoms with Crippen LogP contribution in [0, 0.1) is 0 Å². The molecule has 0 heterocycles. The molecule has 1 rings (SSSR count). The number of hydrogen-bond acceptors (Lipinski definition) is 7. The van der Waals surface area contributed by atoms with Crippen molar-refractivity contribution in [2.75, 3.05) is 0 Å². The highest BCUT2D eigenvalue weighted by molar-refractivity contribution is 5.81. The van der Waals surface area contributed by atoms with Crippen molar-refractivity contribution in [1.29, 1.82) is 0 Å². The summed E-state index contributed by atoms with van der Waals surface area (Å²) in [4.78, 5) is 36.8. The number of nitrogens with two attached hydrogens (primary N) is 1. The molecule has 174 valence electrons. The number of amides is 1. The van der Waals surface area contributed by atoms with Crippen LogP contribution in [0.2, 0.25) is 0 Å². The number of rotatable bonds is 9. The lowest BCUT2D eigenvalue weighted by atomic mass is 10.1. The molecule has 0 saturated carbocycles. The summed E-state index contributed by atoms with van der Waals surface area (Å²) in [5.41, 5.74) is 5.39. The lowest BCUT2D eigenvalue weighted by Crippen LogP contribution is -2.46. The smallest absolute Gasteiger partial charge is 0.408 e. The monoisotopic (exact) mass is 436 g/mol. The fraction of sp³-hybridized carbons (Fsp3) is 0.609. The zero-order valence-electron chi connectivity index (χ0n) is 19.4. The van der Waals surface area contributed by atoms with E-state index in [2.05, 4.69) is 5.32 Å². The number of benzene rings is 1. The van der Waals surface area contributed by atoms with Gasteiger partial charge in [0.05, 0.1) is 0 Å². The molecule has 0 saturated heterocycles. The molecule has 1 aromatic rings. The van der Waals surface area contributed by atoms with Crippen LogP contribution in [0.1, 0.15) is 66.4 Å². The standard InChI is InChI=1S/C23H36N2O6/c1-22(2,3)30-20(27)18(25-21(28)31-23(4,5)6)14-10-13-17(24)19(26)29-15-16-11-8-7-9-12-16/h7-9,11-12,17-18H,10,13-15,24H2,1-6H3,(H,25,28)/t17?,18-/m0/s1. The molecule has 0 aliphatic heterocycles. The molecule has 8 heteroatoms. The number of alkyl carbamates (subject to hydrolysis) is 1. The molecule has 2 atom stereocenters. The summed E-state index contributed by atoms with van der Waals surface area (Å²) < 4.78 is 15.9. The molecule has 8 nitrogen and oxygen atoms in total. The van der Waals surface area contributed by atoms with E-state index in [0.29, 0.717) is 12.8 Å². The van der Waals surface area contributed by atoms with Gasteiger partial charge in [-0.05, 0) is 66.4 Å². The molecular formula is C23H36N2O6. The van der Waals surface area contributed by atoms with Gasteiger partial charge in [-0.1, -0.05) is 30.3 Å². The number of nitrogens with one attached hydrogen (secondary N) is 1. The zero-order chi connectivity index (χ0) is 23.7. The van der Waals surface area contributed by atoms with E-state index in [1.54, 1.807) is 41.5 Å². The van der Waals surface area contributed by atoms with Crippen LogP contribution in [0.5, 0.6) is 0 Å². The number of ether oxygens (including phenoxy) is 3. The zero-order valence-corrected chi connectivity index (χ0v) is 19.4. The quantitative estimate of drug-likeness (QED) is 0.450. The van der Waals surface area contributed by atoms with E-state index in [0.717, 1.165) is 5.56 Å². The summed E-state index contributed by atoms with van der Waals surface area (Å²) in [6, 6.07) is 7.56. The second-order valence-corrected chi connectivity index (χ2v) is 9.36. The van der Waals surface area contributed by atoms with Crippen molar-refractivity contribution in [1.82, 2.24) is 5.32 Å². The molecular weight excluding hydrogens is 400 g/mol. The van der Waals surface area contributed by atoms with Crippen molar-refractivity contribution >= 4 is 18.0 Å². The normalized spacial score (nSPS) is 13.6. The largest absolute Gasteiger partial charge is 0.460 e. The van der Waals surface area contributed by atoms with Crippen molar-refractivity contribution in [2.24, 2.45) is 5.73 Å². The number of hydrogen-bond donors (Lipinski definition) is 2. The van der Waals surface area contributed by atoms with Crippen molar-refractivity contribution in [3.63, 3.8) is 0 Å². The molecule has 31 heavy (non-hydrogen) atoms. The predicted octanol–water partition coefficient (Wildman–Crippen LogP) is 3.46. The van der Waals surface area contributed by atoms with Crippen molar-refractivity contribution in [3.05, 3.63) is 35.9 Å². The minimum absolute atomic E-state index is 0.147. The fourth-order valence-corrected chi connectivity index (χ4v) is 2.57. The molecule has 0 radical (unpaired) electrons. The second-order valence-electron chi connectivity index (χ2n) is 9.36. The Kier molecular flexibility index (Phi) is 9.97.